The van der Waals surface area contributed by atoms with Crippen LogP contribution in [0.2, 0.25) is 0 Å². The highest BCUT2D eigenvalue weighted by molar-refractivity contribution is 7.89. The molecule has 2 aromatic rings. The SMILES string of the molecule is COc1ccc(OC)c(NC(=O)COc2ccc(S(=O)(=O)N(C)C)cc2C)c1. The van der Waals surface area contributed by atoms with E-state index in [0.29, 0.717) is 28.5 Å². The molecule has 0 spiro atoms. The molecule has 0 saturated carbocycles. The molecule has 0 aliphatic carbocycles. The summed E-state index contributed by atoms with van der Waals surface area (Å²) in [6, 6.07) is 9.53. The fourth-order valence-corrected chi connectivity index (χ4v) is 3.38. The molecule has 28 heavy (non-hydrogen) atoms. The van der Waals surface area contributed by atoms with Crippen LogP contribution in [0.25, 0.3) is 0 Å². The van der Waals surface area contributed by atoms with Crippen molar-refractivity contribution in [3.8, 4) is 17.2 Å². The van der Waals surface area contributed by atoms with Crippen molar-refractivity contribution < 1.29 is 27.4 Å². The summed E-state index contributed by atoms with van der Waals surface area (Å²) in [4.78, 5) is 12.4. The summed E-state index contributed by atoms with van der Waals surface area (Å²) in [5.41, 5.74) is 1.06. The van der Waals surface area contributed by atoms with E-state index in [-0.39, 0.29) is 11.5 Å². The van der Waals surface area contributed by atoms with Gasteiger partial charge in [-0.3, -0.25) is 4.79 Å². The van der Waals surface area contributed by atoms with Crippen molar-refractivity contribution in [3.63, 3.8) is 0 Å². The van der Waals surface area contributed by atoms with Crippen LogP contribution in [-0.2, 0) is 14.8 Å². The van der Waals surface area contributed by atoms with Crippen LogP contribution in [-0.4, -0.2) is 53.6 Å². The number of ether oxygens (including phenoxy) is 3. The lowest BCUT2D eigenvalue weighted by Gasteiger charge is -2.15. The van der Waals surface area contributed by atoms with Gasteiger partial charge in [-0.05, 0) is 42.8 Å². The molecule has 0 heterocycles. The Morgan fingerprint density at radius 2 is 1.71 bits per heavy atom. The second kappa shape index (κ2) is 8.94. The van der Waals surface area contributed by atoms with Crippen LogP contribution in [0.15, 0.2) is 41.3 Å². The standard InChI is InChI=1S/C19H24N2O6S/c1-13-10-15(28(23,24)21(2)3)7-9-17(13)27-12-19(22)20-16-11-14(25-4)6-8-18(16)26-5/h6-11H,12H2,1-5H3,(H,20,22). The van der Waals surface area contributed by atoms with Gasteiger partial charge in [0.2, 0.25) is 10.0 Å². The Morgan fingerprint density at radius 3 is 2.29 bits per heavy atom. The largest absolute Gasteiger partial charge is 0.497 e. The molecule has 0 aromatic heterocycles. The molecule has 2 aromatic carbocycles. The van der Waals surface area contributed by atoms with Gasteiger partial charge in [-0.15, -0.1) is 0 Å². The van der Waals surface area contributed by atoms with Crippen molar-refractivity contribution in [2.75, 3.05) is 40.2 Å². The van der Waals surface area contributed by atoms with E-state index in [9.17, 15) is 13.2 Å². The van der Waals surface area contributed by atoms with E-state index in [0.717, 1.165) is 4.31 Å². The zero-order chi connectivity index (χ0) is 20.9. The number of hydrogen-bond donors (Lipinski definition) is 1. The molecule has 0 aliphatic rings. The maximum absolute atomic E-state index is 12.2. The topological polar surface area (TPSA) is 94.2 Å². The quantitative estimate of drug-likeness (QED) is 0.720. The first-order valence-corrected chi connectivity index (χ1v) is 9.81. The number of amides is 1. The average Bonchev–Trinajstić information content (AvgIpc) is 2.66. The summed E-state index contributed by atoms with van der Waals surface area (Å²) in [5.74, 6) is 1.09. The zero-order valence-corrected chi connectivity index (χ0v) is 17.3. The molecule has 2 rings (SSSR count). The molecule has 0 aliphatic heterocycles. The molecular weight excluding hydrogens is 384 g/mol. The summed E-state index contributed by atoms with van der Waals surface area (Å²) in [5, 5.41) is 2.70. The van der Waals surface area contributed by atoms with Crippen LogP contribution < -0.4 is 19.5 Å². The van der Waals surface area contributed by atoms with Crippen molar-refractivity contribution in [2.45, 2.75) is 11.8 Å². The van der Waals surface area contributed by atoms with E-state index in [1.54, 1.807) is 25.1 Å². The van der Waals surface area contributed by atoms with E-state index >= 15 is 0 Å². The summed E-state index contributed by atoms with van der Waals surface area (Å²) >= 11 is 0. The van der Waals surface area contributed by atoms with Crippen LogP contribution in [0.1, 0.15) is 5.56 Å². The fourth-order valence-electron chi connectivity index (χ4n) is 2.40. The smallest absolute Gasteiger partial charge is 0.262 e. The molecule has 1 N–H and O–H groups in total. The summed E-state index contributed by atoms with van der Waals surface area (Å²) in [7, 11) is 2.43. The number of nitrogens with one attached hydrogen (secondary N) is 1. The van der Waals surface area contributed by atoms with Gasteiger partial charge in [-0.2, -0.15) is 0 Å². The molecule has 0 saturated heterocycles. The van der Waals surface area contributed by atoms with E-state index in [2.05, 4.69) is 5.32 Å². The number of carbonyl (C=O) groups excluding carboxylic acids is 1. The van der Waals surface area contributed by atoms with Crippen LogP contribution in [0.4, 0.5) is 5.69 Å². The van der Waals surface area contributed by atoms with Gasteiger partial charge in [0.15, 0.2) is 6.61 Å². The number of anilines is 1. The lowest BCUT2D eigenvalue weighted by atomic mass is 10.2. The Kier molecular flexibility index (Phi) is 6.87. The summed E-state index contributed by atoms with van der Waals surface area (Å²) < 4.78 is 41.4. The first-order chi connectivity index (χ1) is 13.2. The highest BCUT2D eigenvalue weighted by atomic mass is 32.2. The predicted octanol–water partition coefficient (Wildman–Crippen LogP) is 2.28. The number of benzene rings is 2. The molecule has 0 atom stereocenters. The minimum atomic E-state index is -3.53. The number of rotatable bonds is 8. The van der Waals surface area contributed by atoms with Crippen molar-refractivity contribution in [1.29, 1.82) is 0 Å². The minimum absolute atomic E-state index is 0.160. The normalized spacial score (nSPS) is 11.2. The third-order valence-electron chi connectivity index (χ3n) is 3.96. The number of aryl methyl sites for hydroxylation is 1. The van der Waals surface area contributed by atoms with Crippen molar-refractivity contribution in [2.24, 2.45) is 0 Å². The first kappa shape index (κ1) is 21.5. The molecule has 0 unspecified atom stereocenters. The van der Waals surface area contributed by atoms with Gasteiger partial charge in [0.05, 0.1) is 24.8 Å². The van der Waals surface area contributed by atoms with Gasteiger partial charge in [-0.1, -0.05) is 0 Å². The van der Waals surface area contributed by atoms with Gasteiger partial charge in [0.1, 0.15) is 17.2 Å². The lowest BCUT2D eigenvalue weighted by Crippen LogP contribution is -2.22. The highest BCUT2D eigenvalue weighted by Gasteiger charge is 2.18. The Hall–Kier alpha value is -2.78. The Morgan fingerprint density at radius 1 is 1.04 bits per heavy atom. The maximum atomic E-state index is 12.2. The van der Waals surface area contributed by atoms with Gasteiger partial charge in [0.25, 0.3) is 5.91 Å². The second-order valence-electron chi connectivity index (χ2n) is 6.12. The van der Waals surface area contributed by atoms with Crippen molar-refractivity contribution in [3.05, 3.63) is 42.0 Å². The lowest BCUT2D eigenvalue weighted by molar-refractivity contribution is -0.118. The Balaban J connectivity index is 2.07. The first-order valence-electron chi connectivity index (χ1n) is 8.37. The van der Waals surface area contributed by atoms with Gasteiger partial charge < -0.3 is 19.5 Å². The zero-order valence-electron chi connectivity index (χ0n) is 16.5. The molecule has 0 radical (unpaired) electrons. The van der Waals surface area contributed by atoms with Crippen LogP contribution in [0, 0.1) is 6.92 Å². The molecule has 0 fully saturated rings. The average molecular weight is 408 g/mol. The molecule has 152 valence electrons. The highest BCUT2D eigenvalue weighted by Crippen LogP contribution is 2.29. The molecule has 8 nitrogen and oxygen atoms in total. The number of carbonyl (C=O) groups is 1. The van der Waals surface area contributed by atoms with E-state index in [4.69, 9.17) is 14.2 Å². The van der Waals surface area contributed by atoms with Gasteiger partial charge in [0, 0.05) is 20.2 Å². The maximum Gasteiger partial charge on any atom is 0.262 e. The Bertz CT molecular complexity index is 957. The van der Waals surface area contributed by atoms with Crippen LogP contribution >= 0.6 is 0 Å². The number of nitrogens with zero attached hydrogens (tertiary/aromatic N) is 1. The minimum Gasteiger partial charge on any atom is -0.497 e. The van der Waals surface area contributed by atoms with Gasteiger partial charge in [-0.25, -0.2) is 12.7 Å². The number of hydrogen-bond acceptors (Lipinski definition) is 6. The molecular formula is C19H24N2O6S. The number of methoxy groups -OCH3 is 2. The van der Waals surface area contributed by atoms with E-state index in [1.807, 2.05) is 0 Å². The van der Waals surface area contributed by atoms with Crippen LogP contribution in [0.5, 0.6) is 17.2 Å². The van der Waals surface area contributed by atoms with E-state index in [1.165, 1.54) is 46.5 Å². The third kappa shape index (κ3) is 4.93. The fraction of sp³-hybridized carbons (Fsp3) is 0.316. The van der Waals surface area contributed by atoms with Crippen LogP contribution in [0.3, 0.4) is 0 Å². The van der Waals surface area contributed by atoms with Crippen molar-refractivity contribution >= 4 is 21.6 Å². The van der Waals surface area contributed by atoms with Crippen molar-refractivity contribution in [1.82, 2.24) is 4.31 Å². The Labute approximate surface area is 165 Å². The monoisotopic (exact) mass is 408 g/mol. The predicted molar refractivity (Wildman–Crippen MR) is 106 cm³/mol. The molecule has 9 heteroatoms. The second-order valence-corrected chi connectivity index (χ2v) is 8.27. The summed E-state index contributed by atoms with van der Waals surface area (Å²) in [6.07, 6.45) is 0. The molecule has 1 amide bonds. The van der Waals surface area contributed by atoms with E-state index < -0.39 is 15.9 Å². The third-order valence-corrected chi connectivity index (χ3v) is 5.78. The van der Waals surface area contributed by atoms with Gasteiger partial charge >= 0.3 is 0 Å². The molecule has 0 bridgehead atoms. The number of sulfonamides is 1. The summed E-state index contributed by atoms with van der Waals surface area (Å²) in [6.45, 7) is 1.47.